The summed E-state index contributed by atoms with van der Waals surface area (Å²) in [4.78, 5) is 60.3. The number of hydrogen-bond acceptors (Lipinski definition) is 9. The molecule has 2 heterocycles. The van der Waals surface area contributed by atoms with Crippen molar-refractivity contribution in [3.63, 3.8) is 0 Å². The molecule has 0 spiro atoms. The average Bonchev–Trinajstić information content (AvgIpc) is 3.95. The number of benzene rings is 1. The van der Waals surface area contributed by atoms with E-state index in [1.807, 2.05) is 51.1 Å². The zero-order valence-electron chi connectivity index (χ0n) is 27.2. The molecule has 4 amide bonds. The highest BCUT2D eigenvalue weighted by Gasteiger charge is 2.62. The summed E-state index contributed by atoms with van der Waals surface area (Å²) in [6, 6.07) is 7.29. The van der Waals surface area contributed by atoms with Crippen LogP contribution < -0.4 is 20.1 Å². The van der Waals surface area contributed by atoms with Gasteiger partial charge in [0.25, 0.3) is 5.91 Å². The lowest BCUT2D eigenvalue weighted by atomic mass is 9.85. The third-order valence-corrected chi connectivity index (χ3v) is 10.8. The van der Waals surface area contributed by atoms with Crippen LogP contribution in [-0.4, -0.2) is 91.2 Å². The van der Waals surface area contributed by atoms with Gasteiger partial charge in [-0.1, -0.05) is 45.0 Å². The highest BCUT2D eigenvalue weighted by atomic mass is 32.2. The van der Waals surface area contributed by atoms with Crippen LogP contribution in [0.5, 0.6) is 5.88 Å². The molecule has 5 atom stereocenters. The minimum Gasteiger partial charge on any atom is -0.472 e. The molecule has 2 aliphatic carbocycles. The summed E-state index contributed by atoms with van der Waals surface area (Å²) in [5.41, 5.74) is -2.26. The lowest BCUT2D eigenvalue weighted by Crippen LogP contribution is -2.60. The number of nitrogens with zero attached hydrogens (tertiary/aromatic N) is 2. The van der Waals surface area contributed by atoms with Crippen LogP contribution in [0.15, 0.2) is 49.2 Å². The number of carbonyl (C=O) groups is 4. The number of carbonyl (C=O) groups excluding carboxylic acids is 4. The Hall–Kier alpha value is -4.04. The van der Waals surface area contributed by atoms with Crippen LogP contribution in [0.25, 0.3) is 10.8 Å². The molecule has 13 nitrogen and oxygen atoms in total. The number of rotatable bonds is 13. The molecule has 2 saturated carbocycles. The molecule has 2 aromatic rings. The standard InChI is InChI=1S/C33H43N5O8S/c1-6-21-18-33(21,31(42)37-47(43,44)23-11-12-23)36-28(40)25-17-22(46-29-24-10-8-7-9-20(24)13-15-34-29)19-38(25)30(41)27(32(2,3)4)35-26(39)14-16-45-5/h6-10,13,15,21-23,25,27H,1,11-12,14,16-19H2,2-5H3,(H,35,39)(H,36,40)(H,37,42)/t21-,22-,25+,27?,33-/m1/s1. The smallest absolute Gasteiger partial charge is 0.259 e. The second-order valence-corrected chi connectivity index (χ2v) is 15.6. The summed E-state index contributed by atoms with van der Waals surface area (Å²) >= 11 is 0. The average molecular weight is 670 g/mol. The highest BCUT2D eigenvalue weighted by Crippen LogP contribution is 2.45. The molecule has 1 aromatic heterocycles. The van der Waals surface area contributed by atoms with Gasteiger partial charge in [-0.2, -0.15) is 0 Å². The molecule has 1 aromatic carbocycles. The largest absolute Gasteiger partial charge is 0.472 e. The van der Waals surface area contributed by atoms with Gasteiger partial charge in [-0.25, -0.2) is 13.4 Å². The van der Waals surface area contributed by atoms with Gasteiger partial charge in [0.1, 0.15) is 23.7 Å². The maximum absolute atomic E-state index is 14.3. The molecule has 3 N–H and O–H groups in total. The van der Waals surface area contributed by atoms with Gasteiger partial charge in [0, 0.05) is 37.5 Å². The van der Waals surface area contributed by atoms with Gasteiger partial charge in [-0.05, 0) is 42.2 Å². The van der Waals surface area contributed by atoms with Crippen LogP contribution in [0.1, 0.15) is 52.9 Å². The summed E-state index contributed by atoms with van der Waals surface area (Å²) in [6.45, 7) is 9.36. The zero-order chi connectivity index (χ0) is 34.1. The number of hydrogen-bond donors (Lipinski definition) is 3. The van der Waals surface area contributed by atoms with Crippen molar-refractivity contribution in [1.82, 2.24) is 25.2 Å². The van der Waals surface area contributed by atoms with E-state index < -0.39 is 68.1 Å². The molecular weight excluding hydrogens is 626 g/mol. The van der Waals surface area contributed by atoms with Crippen molar-refractivity contribution in [2.45, 2.75) is 81.9 Å². The summed E-state index contributed by atoms with van der Waals surface area (Å²) in [5, 5.41) is 6.64. The molecule has 1 saturated heterocycles. The van der Waals surface area contributed by atoms with E-state index in [-0.39, 0.29) is 38.3 Å². The van der Waals surface area contributed by atoms with Crippen LogP contribution in [-0.2, 0) is 33.9 Å². The fourth-order valence-corrected chi connectivity index (χ4v) is 7.34. The van der Waals surface area contributed by atoms with Crippen molar-refractivity contribution < 1.29 is 37.1 Å². The minimum absolute atomic E-state index is 0.00247. The van der Waals surface area contributed by atoms with E-state index in [9.17, 15) is 27.6 Å². The van der Waals surface area contributed by atoms with Gasteiger partial charge < -0.3 is 25.0 Å². The normalized spacial score (nSPS) is 24.7. The zero-order valence-corrected chi connectivity index (χ0v) is 28.0. The van der Waals surface area contributed by atoms with E-state index in [2.05, 4.69) is 26.9 Å². The van der Waals surface area contributed by atoms with Crippen molar-refractivity contribution in [3.05, 3.63) is 49.2 Å². The quantitative estimate of drug-likeness (QED) is 0.269. The maximum Gasteiger partial charge on any atom is 0.259 e. The maximum atomic E-state index is 14.3. The van der Waals surface area contributed by atoms with E-state index in [1.165, 1.54) is 18.1 Å². The van der Waals surface area contributed by atoms with Gasteiger partial charge in [0.15, 0.2) is 0 Å². The Labute approximate surface area is 274 Å². The Balaban J connectivity index is 1.42. The number of pyridine rings is 1. The Bertz CT molecular complexity index is 1670. The van der Waals surface area contributed by atoms with E-state index in [4.69, 9.17) is 9.47 Å². The monoisotopic (exact) mass is 669 g/mol. The van der Waals surface area contributed by atoms with Crippen LogP contribution in [0, 0.1) is 11.3 Å². The Morgan fingerprint density at radius 3 is 2.53 bits per heavy atom. The first-order valence-corrected chi connectivity index (χ1v) is 17.3. The van der Waals surface area contributed by atoms with E-state index in [1.54, 1.807) is 6.20 Å². The van der Waals surface area contributed by atoms with Crippen LogP contribution in [0.2, 0.25) is 0 Å². The predicted octanol–water partition coefficient (Wildman–Crippen LogP) is 1.82. The van der Waals surface area contributed by atoms with Gasteiger partial charge in [0.2, 0.25) is 33.6 Å². The predicted molar refractivity (Wildman–Crippen MR) is 173 cm³/mol. The Morgan fingerprint density at radius 2 is 1.89 bits per heavy atom. The minimum atomic E-state index is -3.87. The lowest BCUT2D eigenvalue weighted by Gasteiger charge is -2.35. The number of methoxy groups -OCH3 is 1. The molecular formula is C33H43N5O8S. The lowest BCUT2D eigenvalue weighted by molar-refractivity contribution is -0.144. The first kappa shape index (κ1) is 34.3. The molecule has 5 rings (SSSR count). The molecule has 3 fully saturated rings. The molecule has 14 heteroatoms. The van der Waals surface area contributed by atoms with Crippen LogP contribution in [0.3, 0.4) is 0 Å². The number of likely N-dealkylation sites (tertiary alicyclic amines) is 1. The fraction of sp³-hybridized carbons (Fsp3) is 0.545. The summed E-state index contributed by atoms with van der Waals surface area (Å²) in [6.07, 6.45) is 3.67. The summed E-state index contributed by atoms with van der Waals surface area (Å²) in [7, 11) is -2.40. The fourth-order valence-electron chi connectivity index (χ4n) is 5.98. The highest BCUT2D eigenvalue weighted by molar-refractivity contribution is 7.91. The number of sulfonamides is 1. The van der Waals surface area contributed by atoms with Crippen molar-refractivity contribution in [3.8, 4) is 5.88 Å². The molecule has 1 unspecified atom stereocenters. The third kappa shape index (κ3) is 7.43. The van der Waals surface area contributed by atoms with Gasteiger partial charge >= 0.3 is 0 Å². The molecule has 3 aliphatic rings. The van der Waals surface area contributed by atoms with Gasteiger partial charge in [-0.3, -0.25) is 23.9 Å². The van der Waals surface area contributed by atoms with Crippen molar-refractivity contribution in [1.29, 1.82) is 0 Å². The summed E-state index contributed by atoms with van der Waals surface area (Å²) in [5.74, 6) is -2.50. The molecule has 0 bridgehead atoms. The van der Waals surface area contributed by atoms with Crippen molar-refractivity contribution in [2.75, 3.05) is 20.3 Å². The van der Waals surface area contributed by atoms with E-state index in [0.29, 0.717) is 18.7 Å². The van der Waals surface area contributed by atoms with Gasteiger partial charge in [-0.15, -0.1) is 6.58 Å². The first-order chi connectivity index (χ1) is 22.2. The summed E-state index contributed by atoms with van der Waals surface area (Å²) < 4.78 is 38.7. The first-order valence-electron chi connectivity index (χ1n) is 15.8. The number of amides is 4. The number of aromatic nitrogens is 1. The van der Waals surface area contributed by atoms with E-state index >= 15 is 0 Å². The Kier molecular flexibility index (Phi) is 9.65. The van der Waals surface area contributed by atoms with E-state index in [0.717, 1.165) is 10.8 Å². The van der Waals surface area contributed by atoms with Crippen LogP contribution in [0.4, 0.5) is 0 Å². The number of fused-ring (bicyclic) bond motifs is 1. The van der Waals surface area contributed by atoms with Crippen LogP contribution >= 0.6 is 0 Å². The number of ether oxygens (including phenoxy) is 2. The molecule has 254 valence electrons. The molecule has 47 heavy (non-hydrogen) atoms. The SMILES string of the molecule is C=C[C@@H]1C[C@]1(NC(=O)[C@@H]1C[C@@H](Oc2nccc3ccccc23)CN1C(=O)C(NC(=O)CCOC)C(C)(C)C)C(=O)NS(=O)(=O)C1CC1. The molecule has 1 aliphatic heterocycles. The van der Waals surface area contributed by atoms with Crippen molar-refractivity contribution in [2.24, 2.45) is 11.3 Å². The second-order valence-electron chi connectivity index (χ2n) is 13.6. The third-order valence-electron chi connectivity index (χ3n) is 8.96. The molecule has 0 radical (unpaired) electrons. The number of nitrogens with one attached hydrogen (secondary N) is 3. The van der Waals surface area contributed by atoms with Gasteiger partial charge in [0.05, 0.1) is 18.4 Å². The topological polar surface area (TPSA) is 173 Å². The van der Waals surface area contributed by atoms with Crippen molar-refractivity contribution >= 4 is 44.4 Å². The second kappa shape index (κ2) is 13.2. The Morgan fingerprint density at radius 1 is 1.17 bits per heavy atom.